The van der Waals surface area contributed by atoms with E-state index in [2.05, 4.69) is 5.32 Å². The summed E-state index contributed by atoms with van der Waals surface area (Å²) >= 11 is 0. The first-order valence-electron chi connectivity index (χ1n) is 6.32. The molecule has 0 unspecified atom stereocenters. The summed E-state index contributed by atoms with van der Waals surface area (Å²) in [6.07, 6.45) is 2.15. The van der Waals surface area contributed by atoms with Gasteiger partial charge in [0, 0.05) is 13.0 Å². The van der Waals surface area contributed by atoms with E-state index in [1.54, 1.807) is 12.1 Å². The molecule has 0 saturated carbocycles. The number of carbonyl (C=O) groups excluding carboxylic acids is 1. The third kappa shape index (κ3) is 6.45. The Labute approximate surface area is 112 Å². The van der Waals surface area contributed by atoms with Crippen LogP contribution in [0.3, 0.4) is 0 Å². The summed E-state index contributed by atoms with van der Waals surface area (Å²) in [7, 11) is 0. The molecule has 19 heavy (non-hydrogen) atoms. The molecule has 0 radical (unpaired) electrons. The number of hydrogen-bond donors (Lipinski definition) is 2. The topological polar surface area (TPSA) is 75.6 Å². The Morgan fingerprint density at radius 2 is 1.95 bits per heavy atom. The van der Waals surface area contributed by atoms with Gasteiger partial charge in [-0.15, -0.1) is 0 Å². The Balaban J connectivity index is 2.31. The van der Waals surface area contributed by atoms with Gasteiger partial charge < -0.3 is 15.2 Å². The minimum absolute atomic E-state index is 0.0731. The Morgan fingerprint density at radius 3 is 2.53 bits per heavy atom. The van der Waals surface area contributed by atoms with Gasteiger partial charge in [-0.25, -0.2) is 4.79 Å². The van der Waals surface area contributed by atoms with E-state index >= 15 is 0 Å². The predicted octanol–water partition coefficient (Wildman–Crippen LogP) is 1.61. The number of carboxylic acid groups (broad SMARTS) is 1. The van der Waals surface area contributed by atoms with Crippen molar-refractivity contribution in [2.75, 3.05) is 13.2 Å². The number of amides is 1. The number of aliphatic carboxylic acids is 1. The van der Waals surface area contributed by atoms with Gasteiger partial charge >= 0.3 is 5.97 Å². The van der Waals surface area contributed by atoms with Crippen molar-refractivity contribution >= 4 is 11.9 Å². The van der Waals surface area contributed by atoms with Gasteiger partial charge in [-0.2, -0.15) is 0 Å². The lowest BCUT2D eigenvalue weighted by atomic mass is 10.1. The minimum atomic E-state index is -0.997. The van der Waals surface area contributed by atoms with Gasteiger partial charge in [0.2, 0.25) is 5.91 Å². The summed E-state index contributed by atoms with van der Waals surface area (Å²) in [5.41, 5.74) is 1.07. The molecule has 0 bridgehead atoms. The summed E-state index contributed by atoms with van der Waals surface area (Å²) in [6, 6.07) is 7.19. The van der Waals surface area contributed by atoms with Crippen molar-refractivity contribution < 1.29 is 19.4 Å². The molecular weight excluding hydrogens is 246 g/mol. The molecule has 0 fully saturated rings. The smallest absolute Gasteiger partial charge is 0.341 e. The van der Waals surface area contributed by atoms with Crippen molar-refractivity contribution in [1.82, 2.24) is 5.32 Å². The van der Waals surface area contributed by atoms with Crippen molar-refractivity contribution in [2.45, 2.75) is 26.2 Å². The Hall–Kier alpha value is -2.04. The van der Waals surface area contributed by atoms with Crippen LogP contribution in [0.25, 0.3) is 0 Å². The molecular formula is C14H19NO4. The number of nitrogens with one attached hydrogen (secondary N) is 1. The molecule has 0 aromatic heterocycles. The third-order valence-corrected chi connectivity index (χ3v) is 2.50. The maximum absolute atomic E-state index is 11.2. The molecule has 1 amide bonds. The average Bonchev–Trinajstić information content (AvgIpc) is 2.38. The monoisotopic (exact) mass is 265 g/mol. The van der Waals surface area contributed by atoms with Gasteiger partial charge in [0.15, 0.2) is 6.61 Å². The van der Waals surface area contributed by atoms with Crippen LogP contribution in [0, 0.1) is 0 Å². The zero-order valence-electron chi connectivity index (χ0n) is 11.0. The summed E-state index contributed by atoms with van der Waals surface area (Å²) in [6.45, 7) is 2.23. The standard InChI is InChI=1S/C14H19NO4/c1-2-3-13(16)15-9-8-11-4-6-12(7-5-11)19-10-14(17)18/h4-7H,2-3,8-10H2,1H3,(H,15,16)(H,17,18). The summed E-state index contributed by atoms with van der Waals surface area (Å²) in [5.74, 6) is -0.396. The highest BCUT2D eigenvalue weighted by Crippen LogP contribution is 2.12. The van der Waals surface area contributed by atoms with Crippen LogP contribution >= 0.6 is 0 Å². The number of benzene rings is 1. The second-order valence-corrected chi connectivity index (χ2v) is 4.18. The summed E-state index contributed by atoms with van der Waals surface area (Å²) in [4.78, 5) is 21.6. The van der Waals surface area contributed by atoms with E-state index < -0.39 is 5.97 Å². The molecule has 0 aliphatic heterocycles. The van der Waals surface area contributed by atoms with Crippen LogP contribution in [-0.2, 0) is 16.0 Å². The Bertz CT molecular complexity index is 414. The summed E-state index contributed by atoms with van der Waals surface area (Å²) in [5, 5.41) is 11.3. The fourth-order valence-corrected chi connectivity index (χ4v) is 1.56. The first-order chi connectivity index (χ1) is 9.11. The normalized spacial score (nSPS) is 9.95. The zero-order valence-corrected chi connectivity index (χ0v) is 11.0. The van der Waals surface area contributed by atoms with Crippen LogP contribution in [0.5, 0.6) is 5.75 Å². The molecule has 104 valence electrons. The zero-order chi connectivity index (χ0) is 14.1. The van der Waals surface area contributed by atoms with Gasteiger partial charge in [0.25, 0.3) is 0 Å². The molecule has 5 nitrogen and oxygen atoms in total. The SMILES string of the molecule is CCCC(=O)NCCc1ccc(OCC(=O)O)cc1. The lowest BCUT2D eigenvalue weighted by Gasteiger charge is -2.06. The highest BCUT2D eigenvalue weighted by atomic mass is 16.5. The number of carbonyl (C=O) groups is 2. The van der Waals surface area contributed by atoms with E-state index in [9.17, 15) is 9.59 Å². The Kier molecular flexibility index (Phi) is 6.43. The number of ether oxygens (including phenoxy) is 1. The predicted molar refractivity (Wildman–Crippen MR) is 71.2 cm³/mol. The van der Waals surface area contributed by atoms with Crippen LogP contribution in [0.1, 0.15) is 25.3 Å². The van der Waals surface area contributed by atoms with Crippen LogP contribution in [-0.4, -0.2) is 30.1 Å². The molecule has 1 aromatic rings. The van der Waals surface area contributed by atoms with Crippen LogP contribution in [0.15, 0.2) is 24.3 Å². The van der Waals surface area contributed by atoms with E-state index in [1.165, 1.54) is 0 Å². The lowest BCUT2D eigenvalue weighted by molar-refractivity contribution is -0.139. The Morgan fingerprint density at radius 1 is 1.26 bits per heavy atom. The van der Waals surface area contributed by atoms with Gasteiger partial charge in [-0.05, 0) is 30.5 Å². The maximum Gasteiger partial charge on any atom is 0.341 e. The molecule has 0 spiro atoms. The molecule has 0 aliphatic carbocycles. The molecule has 1 aromatic carbocycles. The molecule has 1 rings (SSSR count). The van der Waals surface area contributed by atoms with Crippen molar-refractivity contribution in [3.63, 3.8) is 0 Å². The summed E-state index contributed by atoms with van der Waals surface area (Å²) < 4.78 is 5.03. The lowest BCUT2D eigenvalue weighted by Crippen LogP contribution is -2.25. The number of carboxylic acids is 1. The first kappa shape index (κ1) is 15.0. The second-order valence-electron chi connectivity index (χ2n) is 4.18. The van der Waals surface area contributed by atoms with E-state index in [0.717, 1.165) is 18.4 Å². The van der Waals surface area contributed by atoms with E-state index in [4.69, 9.17) is 9.84 Å². The van der Waals surface area contributed by atoms with Crippen LogP contribution in [0.2, 0.25) is 0 Å². The average molecular weight is 265 g/mol. The number of hydrogen-bond acceptors (Lipinski definition) is 3. The van der Waals surface area contributed by atoms with Gasteiger partial charge in [0.05, 0.1) is 0 Å². The first-order valence-corrected chi connectivity index (χ1v) is 6.32. The highest BCUT2D eigenvalue weighted by molar-refractivity contribution is 5.75. The molecule has 0 heterocycles. The second kappa shape index (κ2) is 8.13. The fraction of sp³-hybridized carbons (Fsp3) is 0.429. The van der Waals surface area contributed by atoms with Gasteiger partial charge in [-0.3, -0.25) is 4.79 Å². The maximum atomic E-state index is 11.2. The van der Waals surface area contributed by atoms with Crippen molar-refractivity contribution in [1.29, 1.82) is 0 Å². The molecule has 0 atom stereocenters. The van der Waals surface area contributed by atoms with E-state index in [-0.39, 0.29) is 12.5 Å². The van der Waals surface area contributed by atoms with Crippen LogP contribution in [0.4, 0.5) is 0 Å². The third-order valence-electron chi connectivity index (χ3n) is 2.50. The quantitative estimate of drug-likeness (QED) is 0.748. The van der Waals surface area contributed by atoms with Crippen LogP contribution < -0.4 is 10.1 Å². The van der Waals surface area contributed by atoms with Crippen molar-refractivity contribution in [3.8, 4) is 5.75 Å². The van der Waals surface area contributed by atoms with E-state index in [1.807, 2.05) is 19.1 Å². The molecule has 5 heteroatoms. The van der Waals surface area contributed by atoms with Crippen molar-refractivity contribution in [3.05, 3.63) is 29.8 Å². The van der Waals surface area contributed by atoms with Gasteiger partial charge in [0.1, 0.15) is 5.75 Å². The highest BCUT2D eigenvalue weighted by Gasteiger charge is 2.01. The van der Waals surface area contributed by atoms with E-state index in [0.29, 0.717) is 18.7 Å². The molecule has 0 saturated heterocycles. The molecule has 0 aliphatic rings. The minimum Gasteiger partial charge on any atom is -0.482 e. The molecule has 2 N–H and O–H groups in total. The fourth-order valence-electron chi connectivity index (χ4n) is 1.56. The van der Waals surface area contributed by atoms with Gasteiger partial charge in [-0.1, -0.05) is 19.1 Å². The van der Waals surface area contributed by atoms with Crippen molar-refractivity contribution in [2.24, 2.45) is 0 Å². The number of rotatable bonds is 8. The largest absolute Gasteiger partial charge is 0.482 e.